The highest BCUT2D eigenvalue weighted by Crippen LogP contribution is 2.13. The highest BCUT2D eigenvalue weighted by atomic mass is 19.4. The summed E-state index contributed by atoms with van der Waals surface area (Å²) in [5.41, 5.74) is 0. The molecule has 0 fully saturated rings. The van der Waals surface area contributed by atoms with Crippen LogP contribution in [0.5, 0.6) is 0 Å². The highest BCUT2D eigenvalue weighted by Gasteiger charge is 2.38. The van der Waals surface area contributed by atoms with Crippen LogP contribution >= 0.6 is 0 Å². The first-order valence-electron chi connectivity index (χ1n) is 5.55. The Bertz CT molecular complexity index is 344. The summed E-state index contributed by atoms with van der Waals surface area (Å²) in [6.07, 6.45) is -4.67. The second kappa shape index (κ2) is 7.59. The molecule has 2 amide bonds. The Morgan fingerprint density at radius 1 is 1.26 bits per heavy atom. The number of carbonyl (C=O) groups is 3. The first-order valence-corrected chi connectivity index (χ1v) is 5.55. The Morgan fingerprint density at radius 2 is 1.84 bits per heavy atom. The van der Waals surface area contributed by atoms with Gasteiger partial charge in [0.25, 0.3) is 0 Å². The van der Waals surface area contributed by atoms with Crippen LogP contribution in [0.15, 0.2) is 0 Å². The largest absolute Gasteiger partial charge is 0.480 e. The van der Waals surface area contributed by atoms with E-state index in [1.165, 1.54) is 5.32 Å². The van der Waals surface area contributed by atoms with Gasteiger partial charge in [0.05, 0.1) is 0 Å². The lowest BCUT2D eigenvalue weighted by atomic mass is 10.1. The van der Waals surface area contributed by atoms with Crippen LogP contribution in [0.4, 0.5) is 13.2 Å². The van der Waals surface area contributed by atoms with Crippen LogP contribution in [-0.4, -0.2) is 41.7 Å². The number of alkyl halides is 3. The Hall–Kier alpha value is -1.80. The fraction of sp³-hybridized carbons (Fsp3) is 0.700. The average molecular weight is 284 g/mol. The summed E-state index contributed by atoms with van der Waals surface area (Å²) in [6.45, 7) is 1.22. The molecule has 0 heterocycles. The molecule has 1 atom stereocenters. The maximum Gasteiger partial charge on any atom is 0.471 e. The zero-order chi connectivity index (χ0) is 15.1. The minimum atomic E-state index is -5.00. The smallest absolute Gasteiger partial charge is 0.471 e. The van der Waals surface area contributed by atoms with Crippen LogP contribution in [0.25, 0.3) is 0 Å². The van der Waals surface area contributed by atoms with Crippen molar-refractivity contribution in [1.29, 1.82) is 0 Å². The molecule has 0 aromatic heterocycles. The van der Waals surface area contributed by atoms with Crippen LogP contribution < -0.4 is 10.6 Å². The Labute approximate surface area is 107 Å². The molecule has 0 rings (SSSR count). The molecule has 0 aliphatic rings. The van der Waals surface area contributed by atoms with Gasteiger partial charge in [0.1, 0.15) is 6.04 Å². The minimum Gasteiger partial charge on any atom is -0.480 e. The normalized spacial score (nSPS) is 12.6. The van der Waals surface area contributed by atoms with Gasteiger partial charge in [-0.2, -0.15) is 13.2 Å². The molecule has 0 bridgehead atoms. The molecule has 6 nitrogen and oxygen atoms in total. The predicted octanol–water partition coefficient (Wildman–Crippen LogP) is 0.424. The molecule has 0 spiro atoms. The standard InChI is InChI=1S/C10H15F3N2O4/c1-2-3-6(8(17)18)15-7(16)4-5-14-9(19)10(11,12)13/h6H,2-5H2,1H3,(H,14,19)(H,15,16)(H,17,18). The molecule has 0 radical (unpaired) electrons. The van der Waals surface area contributed by atoms with Crippen molar-refractivity contribution in [1.82, 2.24) is 10.6 Å². The summed E-state index contributed by atoms with van der Waals surface area (Å²) in [6, 6.07) is -1.07. The molecule has 110 valence electrons. The number of amides is 2. The van der Waals surface area contributed by atoms with E-state index in [-0.39, 0.29) is 6.42 Å². The van der Waals surface area contributed by atoms with Crippen LogP contribution in [0.2, 0.25) is 0 Å². The van der Waals surface area contributed by atoms with Crippen molar-refractivity contribution in [2.24, 2.45) is 0 Å². The molecule has 0 saturated heterocycles. The van der Waals surface area contributed by atoms with E-state index in [4.69, 9.17) is 5.11 Å². The van der Waals surface area contributed by atoms with Gasteiger partial charge >= 0.3 is 18.1 Å². The lowest BCUT2D eigenvalue weighted by Crippen LogP contribution is -2.43. The van der Waals surface area contributed by atoms with Crippen molar-refractivity contribution in [2.45, 2.75) is 38.4 Å². The van der Waals surface area contributed by atoms with Crippen LogP contribution in [0, 0.1) is 0 Å². The maximum atomic E-state index is 11.8. The van der Waals surface area contributed by atoms with Gasteiger partial charge in [-0.05, 0) is 6.42 Å². The van der Waals surface area contributed by atoms with Crippen LogP contribution in [0.3, 0.4) is 0 Å². The number of rotatable bonds is 7. The number of nitrogens with one attached hydrogen (secondary N) is 2. The Kier molecular flexibility index (Phi) is 6.87. The van der Waals surface area contributed by atoms with Crippen molar-refractivity contribution in [3.05, 3.63) is 0 Å². The molecule has 19 heavy (non-hydrogen) atoms. The van der Waals surface area contributed by atoms with E-state index in [0.717, 1.165) is 0 Å². The molecular weight excluding hydrogens is 269 g/mol. The fourth-order valence-electron chi connectivity index (χ4n) is 1.20. The highest BCUT2D eigenvalue weighted by molar-refractivity contribution is 5.85. The van der Waals surface area contributed by atoms with E-state index in [9.17, 15) is 27.6 Å². The average Bonchev–Trinajstić information content (AvgIpc) is 2.26. The molecule has 3 N–H and O–H groups in total. The third-order valence-electron chi connectivity index (χ3n) is 2.11. The van der Waals surface area contributed by atoms with Gasteiger partial charge in [0.2, 0.25) is 5.91 Å². The number of hydrogen-bond acceptors (Lipinski definition) is 3. The molecule has 9 heteroatoms. The van der Waals surface area contributed by atoms with Gasteiger partial charge in [0.15, 0.2) is 0 Å². The fourth-order valence-corrected chi connectivity index (χ4v) is 1.20. The quantitative estimate of drug-likeness (QED) is 0.631. The number of hydrogen-bond donors (Lipinski definition) is 3. The first kappa shape index (κ1) is 17.2. The van der Waals surface area contributed by atoms with E-state index < -0.39 is 43.0 Å². The van der Waals surface area contributed by atoms with Crippen molar-refractivity contribution < 1.29 is 32.7 Å². The van der Waals surface area contributed by atoms with E-state index in [0.29, 0.717) is 6.42 Å². The summed E-state index contributed by atoms with van der Waals surface area (Å²) in [7, 11) is 0. The summed E-state index contributed by atoms with van der Waals surface area (Å²) in [5, 5.41) is 12.4. The SMILES string of the molecule is CCCC(NC(=O)CCNC(=O)C(F)(F)F)C(=O)O. The third kappa shape index (κ3) is 7.27. The predicted molar refractivity (Wildman–Crippen MR) is 58.2 cm³/mol. The van der Waals surface area contributed by atoms with Crippen molar-refractivity contribution in [2.75, 3.05) is 6.54 Å². The van der Waals surface area contributed by atoms with Gasteiger partial charge in [-0.1, -0.05) is 13.3 Å². The number of aliphatic carboxylic acids is 1. The van der Waals surface area contributed by atoms with Crippen molar-refractivity contribution >= 4 is 17.8 Å². The van der Waals surface area contributed by atoms with Gasteiger partial charge < -0.3 is 15.7 Å². The molecular formula is C10H15F3N2O4. The Balaban J connectivity index is 4.05. The van der Waals surface area contributed by atoms with E-state index >= 15 is 0 Å². The summed E-state index contributed by atoms with van der Waals surface area (Å²) < 4.78 is 35.4. The topological polar surface area (TPSA) is 95.5 Å². The lowest BCUT2D eigenvalue weighted by Gasteiger charge is -2.13. The zero-order valence-electron chi connectivity index (χ0n) is 10.2. The number of carboxylic acid groups (broad SMARTS) is 1. The van der Waals surface area contributed by atoms with Gasteiger partial charge in [0, 0.05) is 13.0 Å². The summed E-state index contributed by atoms with van der Waals surface area (Å²) >= 11 is 0. The minimum absolute atomic E-state index is 0.218. The molecule has 0 saturated carbocycles. The zero-order valence-corrected chi connectivity index (χ0v) is 10.2. The van der Waals surface area contributed by atoms with Gasteiger partial charge in [-0.15, -0.1) is 0 Å². The maximum absolute atomic E-state index is 11.8. The van der Waals surface area contributed by atoms with Crippen LogP contribution in [-0.2, 0) is 14.4 Å². The van der Waals surface area contributed by atoms with E-state index in [1.807, 2.05) is 0 Å². The lowest BCUT2D eigenvalue weighted by molar-refractivity contribution is -0.173. The van der Waals surface area contributed by atoms with Gasteiger partial charge in [-0.3, -0.25) is 9.59 Å². The van der Waals surface area contributed by atoms with Gasteiger partial charge in [-0.25, -0.2) is 4.79 Å². The summed E-state index contributed by atoms with van der Waals surface area (Å²) in [4.78, 5) is 32.4. The van der Waals surface area contributed by atoms with E-state index in [1.54, 1.807) is 6.92 Å². The van der Waals surface area contributed by atoms with E-state index in [2.05, 4.69) is 5.32 Å². The molecule has 0 aromatic rings. The summed E-state index contributed by atoms with van der Waals surface area (Å²) in [5.74, 6) is -4.08. The third-order valence-corrected chi connectivity index (χ3v) is 2.11. The Morgan fingerprint density at radius 3 is 2.26 bits per heavy atom. The number of carbonyl (C=O) groups excluding carboxylic acids is 2. The van der Waals surface area contributed by atoms with Crippen LogP contribution in [0.1, 0.15) is 26.2 Å². The second-order valence-corrected chi connectivity index (χ2v) is 3.75. The number of halogens is 3. The monoisotopic (exact) mass is 284 g/mol. The van der Waals surface area contributed by atoms with Crippen molar-refractivity contribution in [3.8, 4) is 0 Å². The first-order chi connectivity index (χ1) is 8.68. The van der Waals surface area contributed by atoms with Crippen molar-refractivity contribution in [3.63, 3.8) is 0 Å². The molecule has 0 aliphatic carbocycles. The second-order valence-electron chi connectivity index (χ2n) is 3.75. The molecule has 0 aliphatic heterocycles. The molecule has 0 aromatic carbocycles. The number of carboxylic acids is 1. The molecule has 1 unspecified atom stereocenters.